The minimum atomic E-state index is -0.488. The molecule has 0 aliphatic rings. The van der Waals surface area contributed by atoms with Gasteiger partial charge in [0.1, 0.15) is 6.20 Å². The normalized spacial score (nSPS) is 12.3. The number of anilines is 2. The Hall–Kier alpha value is -1.96. The van der Waals surface area contributed by atoms with Crippen LogP contribution in [0.15, 0.2) is 6.20 Å². The van der Waals surface area contributed by atoms with Gasteiger partial charge in [-0.05, 0) is 27.9 Å². The van der Waals surface area contributed by atoms with Gasteiger partial charge in [-0.1, -0.05) is 0 Å². The number of rotatable bonds is 7. The van der Waals surface area contributed by atoms with Crippen molar-refractivity contribution in [1.29, 1.82) is 0 Å². The molecule has 0 aliphatic heterocycles. The molecule has 0 bridgehead atoms. The van der Waals surface area contributed by atoms with E-state index >= 15 is 0 Å². The zero-order valence-electron chi connectivity index (χ0n) is 11.7. The molecular weight excluding hydrogens is 248 g/mol. The Kier molecular flexibility index (Phi) is 5.43. The lowest BCUT2D eigenvalue weighted by Crippen LogP contribution is -2.31. The molecule has 0 radical (unpaired) electrons. The van der Waals surface area contributed by atoms with E-state index in [-0.39, 0.29) is 17.5 Å². The van der Waals surface area contributed by atoms with Crippen molar-refractivity contribution < 1.29 is 4.92 Å². The number of aromatic nitrogens is 2. The fourth-order valence-corrected chi connectivity index (χ4v) is 1.31. The van der Waals surface area contributed by atoms with Gasteiger partial charge in [0.05, 0.1) is 4.92 Å². The van der Waals surface area contributed by atoms with Crippen LogP contribution < -0.4 is 10.6 Å². The Morgan fingerprint density at radius 3 is 2.68 bits per heavy atom. The van der Waals surface area contributed by atoms with E-state index in [1.54, 1.807) is 0 Å². The SMILES string of the molecule is CCNc1ncc([N+](=O)[O-])c(NCC(C)N(C)C)n1. The Bertz CT molecular complexity index is 437. The van der Waals surface area contributed by atoms with Crippen LogP contribution in [0.2, 0.25) is 0 Å². The predicted molar refractivity (Wildman–Crippen MR) is 74.5 cm³/mol. The molecule has 0 aromatic carbocycles. The van der Waals surface area contributed by atoms with Crippen LogP contribution in [0.4, 0.5) is 17.5 Å². The summed E-state index contributed by atoms with van der Waals surface area (Å²) < 4.78 is 0. The first kappa shape index (κ1) is 15.1. The minimum absolute atomic E-state index is 0.118. The molecule has 2 N–H and O–H groups in total. The van der Waals surface area contributed by atoms with E-state index in [0.717, 1.165) is 0 Å². The smallest absolute Gasteiger partial charge is 0.329 e. The highest BCUT2D eigenvalue weighted by molar-refractivity contribution is 5.56. The molecule has 19 heavy (non-hydrogen) atoms. The lowest BCUT2D eigenvalue weighted by molar-refractivity contribution is -0.384. The molecule has 0 fully saturated rings. The lowest BCUT2D eigenvalue weighted by Gasteiger charge is -2.20. The molecular formula is C11H20N6O2. The zero-order valence-corrected chi connectivity index (χ0v) is 11.7. The van der Waals surface area contributed by atoms with Crippen molar-refractivity contribution in [1.82, 2.24) is 14.9 Å². The molecule has 0 saturated carbocycles. The summed E-state index contributed by atoms with van der Waals surface area (Å²) in [4.78, 5) is 20.5. The fourth-order valence-electron chi connectivity index (χ4n) is 1.31. The molecule has 1 aromatic heterocycles. The molecule has 1 heterocycles. The van der Waals surface area contributed by atoms with Crippen molar-refractivity contribution in [2.75, 3.05) is 37.8 Å². The summed E-state index contributed by atoms with van der Waals surface area (Å²) in [6, 6.07) is 0.233. The highest BCUT2D eigenvalue weighted by Crippen LogP contribution is 2.21. The maximum absolute atomic E-state index is 10.9. The van der Waals surface area contributed by atoms with Crippen molar-refractivity contribution in [2.24, 2.45) is 0 Å². The number of nitro groups is 1. The van der Waals surface area contributed by atoms with Crippen molar-refractivity contribution in [2.45, 2.75) is 19.9 Å². The topological polar surface area (TPSA) is 96.2 Å². The van der Waals surface area contributed by atoms with E-state index in [1.807, 2.05) is 32.8 Å². The van der Waals surface area contributed by atoms with E-state index in [9.17, 15) is 10.1 Å². The first-order valence-corrected chi connectivity index (χ1v) is 6.11. The molecule has 1 atom stereocenters. The molecule has 1 rings (SSSR count). The average molecular weight is 268 g/mol. The van der Waals surface area contributed by atoms with Crippen molar-refractivity contribution in [3.63, 3.8) is 0 Å². The molecule has 8 nitrogen and oxygen atoms in total. The van der Waals surface area contributed by atoms with Gasteiger partial charge in [-0.25, -0.2) is 4.98 Å². The highest BCUT2D eigenvalue weighted by Gasteiger charge is 2.17. The molecule has 1 aromatic rings. The summed E-state index contributed by atoms with van der Waals surface area (Å²) >= 11 is 0. The van der Waals surface area contributed by atoms with Gasteiger partial charge in [0.25, 0.3) is 0 Å². The second kappa shape index (κ2) is 6.83. The van der Waals surface area contributed by atoms with Gasteiger partial charge in [-0.15, -0.1) is 0 Å². The average Bonchev–Trinajstić information content (AvgIpc) is 2.36. The van der Waals surface area contributed by atoms with E-state index in [2.05, 4.69) is 20.6 Å². The van der Waals surface area contributed by atoms with Gasteiger partial charge in [0.2, 0.25) is 11.8 Å². The Labute approximate surface area is 112 Å². The molecule has 8 heteroatoms. The van der Waals surface area contributed by atoms with Crippen molar-refractivity contribution in [3.8, 4) is 0 Å². The largest absolute Gasteiger partial charge is 0.363 e. The molecule has 1 unspecified atom stereocenters. The van der Waals surface area contributed by atoms with Gasteiger partial charge >= 0.3 is 5.69 Å². The standard InChI is InChI=1S/C11H20N6O2/c1-5-12-11-14-7-9(17(18)19)10(15-11)13-6-8(2)16(3)4/h7-8H,5-6H2,1-4H3,(H2,12,13,14,15). The van der Waals surface area contributed by atoms with Crippen LogP contribution in [0.25, 0.3) is 0 Å². The van der Waals surface area contributed by atoms with Crippen LogP contribution in [0.1, 0.15) is 13.8 Å². The number of nitrogens with zero attached hydrogens (tertiary/aromatic N) is 4. The van der Waals surface area contributed by atoms with Gasteiger partial charge in [-0.3, -0.25) is 10.1 Å². The number of nitrogens with one attached hydrogen (secondary N) is 2. The first-order valence-electron chi connectivity index (χ1n) is 6.11. The summed E-state index contributed by atoms with van der Waals surface area (Å²) in [6.45, 7) is 5.15. The maximum atomic E-state index is 10.9. The Morgan fingerprint density at radius 2 is 2.16 bits per heavy atom. The quantitative estimate of drug-likeness (QED) is 0.566. The van der Waals surface area contributed by atoms with E-state index in [0.29, 0.717) is 19.0 Å². The summed E-state index contributed by atoms with van der Waals surface area (Å²) in [5, 5.41) is 16.9. The summed E-state index contributed by atoms with van der Waals surface area (Å²) in [6.07, 6.45) is 1.22. The highest BCUT2D eigenvalue weighted by atomic mass is 16.6. The monoisotopic (exact) mass is 268 g/mol. The van der Waals surface area contributed by atoms with Crippen LogP contribution in [-0.4, -0.2) is 53.0 Å². The van der Waals surface area contributed by atoms with Gasteiger partial charge < -0.3 is 15.5 Å². The summed E-state index contributed by atoms with van der Waals surface area (Å²) in [5.41, 5.74) is -0.118. The van der Waals surface area contributed by atoms with Crippen molar-refractivity contribution >= 4 is 17.5 Å². The molecule has 0 saturated heterocycles. The van der Waals surface area contributed by atoms with E-state index in [4.69, 9.17) is 0 Å². The number of hydrogen-bond donors (Lipinski definition) is 2. The van der Waals surface area contributed by atoms with E-state index in [1.165, 1.54) is 6.20 Å². The minimum Gasteiger partial charge on any atom is -0.363 e. The summed E-state index contributed by atoms with van der Waals surface area (Å²) in [5.74, 6) is 0.623. The number of likely N-dealkylation sites (N-methyl/N-ethyl adjacent to an activating group) is 1. The Morgan fingerprint density at radius 1 is 1.47 bits per heavy atom. The van der Waals surface area contributed by atoms with Crippen LogP contribution in [-0.2, 0) is 0 Å². The molecule has 106 valence electrons. The Balaban J connectivity index is 2.88. The first-order chi connectivity index (χ1) is 8.95. The third-order valence-corrected chi connectivity index (χ3v) is 2.75. The zero-order chi connectivity index (χ0) is 14.4. The van der Waals surface area contributed by atoms with Crippen LogP contribution >= 0.6 is 0 Å². The second-order valence-corrected chi connectivity index (χ2v) is 4.41. The summed E-state index contributed by atoms with van der Waals surface area (Å²) in [7, 11) is 3.90. The third kappa shape index (κ3) is 4.32. The fraction of sp³-hybridized carbons (Fsp3) is 0.636. The molecule has 0 aliphatic carbocycles. The predicted octanol–water partition coefficient (Wildman–Crippen LogP) is 1.18. The molecule has 0 amide bonds. The second-order valence-electron chi connectivity index (χ2n) is 4.41. The van der Waals surface area contributed by atoms with Crippen molar-refractivity contribution in [3.05, 3.63) is 16.3 Å². The lowest BCUT2D eigenvalue weighted by atomic mass is 10.3. The molecule has 0 spiro atoms. The number of hydrogen-bond acceptors (Lipinski definition) is 7. The van der Waals surface area contributed by atoms with Gasteiger partial charge in [0.15, 0.2) is 0 Å². The van der Waals surface area contributed by atoms with Gasteiger partial charge in [0, 0.05) is 19.1 Å². The third-order valence-electron chi connectivity index (χ3n) is 2.75. The van der Waals surface area contributed by atoms with E-state index < -0.39 is 4.92 Å². The van der Waals surface area contributed by atoms with Crippen LogP contribution in [0.3, 0.4) is 0 Å². The van der Waals surface area contributed by atoms with Crippen LogP contribution in [0, 0.1) is 10.1 Å². The van der Waals surface area contributed by atoms with Gasteiger partial charge in [-0.2, -0.15) is 4.98 Å². The van der Waals surface area contributed by atoms with Crippen LogP contribution in [0.5, 0.6) is 0 Å². The maximum Gasteiger partial charge on any atom is 0.329 e.